The highest BCUT2D eigenvalue weighted by molar-refractivity contribution is 5.95. The van der Waals surface area contributed by atoms with Gasteiger partial charge in [-0.05, 0) is 51.8 Å². The Balaban J connectivity index is 2.90. The summed E-state index contributed by atoms with van der Waals surface area (Å²) in [5.74, 6) is -2.81. The number of rotatable bonds is 6. The molecule has 116 valence electrons. The molecular formula is C16H21FO4. The molecule has 0 aromatic heterocycles. The summed E-state index contributed by atoms with van der Waals surface area (Å²) in [7, 11) is 0. The maximum absolute atomic E-state index is 13.2. The van der Waals surface area contributed by atoms with E-state index in [4.69, 9.17) is 9.47 Å². The fraction of sp³-hybridized carbons (Fsp3) is 0.500. The van der Waals surface area contributed by atoms with Crippen molar-refractivity contribution in [3.8, 4) is 0 Å². The predicted molar refractivity (Wildman–Crippen MR) is 76.1 cm³/mol. The summed E-state index contributed by atoms with van der Waals surface area (Å²) in [4.78, 5) is 24.1. The molecule has 0 spiro atoms. The Morgan fingerprint density at radius 3 is 2.00 bits per heavy atom. The van der Waals surface area contributed by atoms with Crippen LogP contribution in [0.2, 0.25) is 0 Å². The average Bonchev–Trinajstić information content (AvgIpc) is 2.34. The molecule has 0 bridgehead atoms. The zero-order valence-corrected chi connectivity index (χ0v) is 12.8. The van der Waals surface area contributed by atoms with Gasteiger partial charge in [0.2, 0.25) is 0 Å². The highest BCUT2D eigenvalue weighted by Gasteiger charge is 2.31. The highest BCUT2D eigenvalue weighted by atomic mass is 19.1. The first-order chi connectivity index (χ1) is 9.79. The van der Waals surface area contributed by atoms with Crippen molar-refractivity contribution in [1.82, 2.24) is 0 Å². The number of ether oxygens (including phenoxy) is 2. The van der Waals surface area contributed by atoms with Crippen LogP contribution in [0.25, 0.3) is 0 Å². The number of hydrogen-bond donors (Lipinski definition) is 0. The van der Waals surface area contributed by atoms with Crippen LogP contribution >= 0.6 is 0 Å². The Kier molecular flexibility index (Phi) is 6.34. The molecule has 0 saturated carbocycles. The van der Waals surface area contributed by atoms with Gasteiger partial charge in [0.25, 0.3) is 0 Å². The number of carbonyl (C=O) groups is 2. The molecule has 0 saturated heterocycles. The first kappa shape index (κ1) is 17.1. The van der Waals surface area contributed by atoms with Gasteiger partial charge in [0.05, 0.1) is 12.2 Å². The molecule has 4 nitrogen and oxygen atoms in total. The van der Waals surface area contributed by atoms with E-state index in [1.54, 1.807) is 33.8 Å². The number of carbonyl (C=O) groups excluding carboxylic acids is 2. The molecule has 0 heterocycles. The normalized spacial score (nSPS) is 11.0. The topological polar surface area (TPSA) is 52.6 Å². The lowest BCUT2D eigenvalue weighted by molar-refractivity contribution is -0.166. The van der Waals surface area contributed by atoms with Gasteiger partial charge in [0, 0.05) is 0 Å². The smallest absolute Gasteiger partial charge is 0.320 e. The molecule has 0 atom stereocenters. The van der Waals surface area contributed by atoms with E-state index in [0.29, 0.717) is 5.56 Å². The van der Waals surface area contributed by atoms with Crippen LogP contribution in [0.5, 0.6) is 0 Å². The summed E-state index contributed by atoms with van der Waals surface area (Å²) in [5.41, 5.74) is 0.543. The molecule has 0 N–H and O–H groups in total. The van der Waals surface area contributed by atoms with Gasteiger partial charge in [-0.25, -0.2) is 4.39 Å². The Bertz CT molecular complexity index is 475. The minimum atomic E-state index is -1.09. The molecule has 1 aromatic carbocycles. The quantitative estimate of drug-likeness (QED) is 0.598. The fourth-order valence-corrected chi connectivity index (χ4v) is 1.79. The van der Waals surface area contributed by atoms with Gasteiger partial charge >= 0.3 is 11.9 Å². The van der Waals surface area contributed by atoms with Gasteiger partial charge in [0.1, 0.15) is 5.82 Å². The average molecular weight is 296 g/mol. The summed E-state index contributed by atoms with van der Waals surface area (Å²) < 4.78 is 23.4. The lowest BCUT2D eigenvalue weighted by Gasteiger charge is -2.18. The fourth-order valence-electron chi connectivity index (χ4n) is 1.79. The van der Waals surface area contributed by atoms with Gasteiger partial charge in [-0.2, -0.15) is 0 Å². The van der Waals surface area contributed by atoms with Crippen LogP contribution in [0.1, 0.15) is 33.3 Å². The van der Waals surface area contributed by atoms with Crippen LogP contribution in [0, 0.1) is 11.7 Å². The Hall–Kier alpha value is -1.91. The van der Waals surface area contributed by atoms with Crippen LogP contribution in [0.4, 0.5) is 4.39 Å². The second kappa shape index (κ2) is 7.76. The Morgan fingerprint density at radius 2 is 1.57 bits per heavy atom. The van der Waals surface area contributed by atoms with Crippen LogP contribution < -0.4 is 0 Å². The molecule has 0 fully saturated rings. The Labute approximate surface area is 124 Å². The minimum Gasteiger partial charge on any atom is -0.462 e. The third-order valence-electron chi connectivity index (χ3n) is 2.60. The van der Waals surface area contributed by atoms with E-state index in [2.05, 4.69) is 0 Å². The molecule has 0 aliphatic rings. The van der Waals surface area contributed by atoms with E-state index in [0.717, 1.165) is 0 Å². The monoisotopic (exact) mass is 296 g/mol. The van der Waals surface area contributed by atoms with Crippen LogP contribution in [-0.2, 0) is 25.5 Å². The highest BCUT2D eigenvalue weighted by Crippen LogP contribution is 2.15. The summed E-state index contributed by atoms with van der Waals surface area (Å²) in [6, 6.07) is 5.78. The van der Waals surface area contributed by atoms with Crippen molar-refractivity contribution >= 4 is 11.9 Å². The lowest BCUT2D eigenvalue weighted by atomic mass is 9.99. The van der Waals surface area contributed by atoms with Crippen LogP contribution in [0.3, 0.4) is 0 Å². The molecule has 5 heteroatoms. The molecule has 1 aromatic rings. The van der Waals surface area contributed by atoms with E-state index in [1.165, 1.54) is 18.2 Å². The van der Waals surface area contributed by atoms with E-state index in [1.807, 2.05) is 0 Å². The van der Waals surface area contributed by atoms with Crippen molar-refractivity contribution in [3.05, 3.63) is 35.6 Å². The van der Waals surface area contributed by atoms with Gasteiger partial charge < -0.3 is 9.47 Å². The van der Waals surface area contributed by atoms with E-state index in [9.17, 15) is 14.0 Å². The number of esters is 2. The molecule has 21 heavy (non-hydrogen) atoms. The van der Waals surface area contributed by atoms with Crippen molar-refractivity contribution in [2.75, 3.05) is 0 Å². The largest absolute Gasteiger partial charge is 0.462 e. The van der Waals surface area contributed by atoms with Gasteiger partial charge in [0.15, 0.2) is 5.92 Å². The SMILES string of the molecule is CC(C)OC(=O)C(Cc1cccc(F)c1)C(=O)OC(C)C. The van der Waals surface area contributed by atoms with Gasteiger partial charge in [-0.3, -0.25) is 9.59 Å². The molecule has 0 unspecified atom stereocenters. The first-order valence-corrected chi connectivity index (χ1v) is 6.95. The molecular weight excluding hydrogens is 275 g/mol. The van der Waals surface area contributed by atoms with Crippen molar-refractivity contribution in [3.63, 3.8) is 0 Å². The second-order valence-electron chi connectivity index (χ2n) is 5.36. The second-order valence-corrected chi connectivity index (χ2v) is 5.36. The summed E-state index contributed by atoms with van der Waals surface area (Å²) in [6.07, 6.45) is -0.617. The summed E-state index contributed by atoms with van der Waals surface area (Å²) >= 11 is 0. The lowest BCUT2D eigenvalue weighted by Crippen LogP contribution is -2.32. The van der Waals surface area contributed by atoms with E-state index < -0.39 is 23.7 Å². The van der Waals surface area contributed by atoms with Crippen LogP contribution in [-0.4, -0.2) is 24.1 Å². The van der Waals surface area contributed by atoms with Gasteiger partial charge in [-0.15, -0.1) is 0 Å². The standard InChI is InChI=1S/C16H21FO4/c1-10(2)20-15(18)14(16(19)21-11(3)4)9-12-6-5-7-13(17)8-12/h5-8,10-11,14H,9H2,1-4H3. The van der Waals surface area contributed by atoms with Crippen LogP contribution in [0.15, 0.2) is 24.3 Å². The third-order valence-corrected chi connectivity index (χ3v) is 2.60. The van der Waals surface area contributed by atoms with Crippen molar-refractivity contribution in [2.24, 2.45) is 5.92 Å². The van der Waals surface area contributed by atoms with E-state index >= 15 is 0 Å². The first-order valence-electron chi connectivity index (χ1n) is 6.95. The number of halogens is 1. The molecule has 1 rings (SSSR count). The van der Waals surface area contributed by atoms with Crippen molar-refractivity contribution in [1.29, 1.82) is 0 Å². The minimum absolute atomic E-state index is 0.0505. The zero-order valence-electron chi connectivity index (χ0n) is 12.8. The number of hydrogen-bond acceptors (Lipinski definition) is 4. The van der Waals surface area contributed by atoms with Crippen molar-refractivity contribution < 1.29 is 23.5 Å². The van der Waals surface area contributed by atoms with Gasteiger partial charge in [-0.1, -0.05) is 12.1 Å². The maximum atomic E-state index is 13.2. The molecule has 0 amide bonds. The number of benzene rings is 1. The predicted octanol–water partition coefficient (Wildman–Crippen LogP) is 2.89. The third kappa shape index (κ3) is 5.94. The maximum Gasteiger partial charge on any atom is 0.320 e. The molecule has 0 aliphatic heterocycles. The molecule has 0 radical (unpaired) electrons. The molecule has 0 aliphatic carbocycles. The summed E-state index contributed by atoms with van der Waals surface area (Å²) in [5, 5.41) is 0. The van der Waals surface area contributed by atoms with E-state index in [-0.39, 0.29) is 18.6 Å². The van der Waals surface area contributed by atoms with Crippen molar-refractivity contribution in [2.45, 2.75) is 46.3 Å². The Morgan fingerprint density at radius 1 is 1.05 bits per heavy atom. The zero-order chi connectivity index (χ0) is 16.0. The summed E-state index contributed by atoms with van der Waals surface area (Å²) in [6.45, 7) is 6.80.